The van der Waals surface area contributed by atoms with E-state index in [0.717, 1.165) is 37.7 Å². The average Bonchev–Trinajstić information content (AvgIpc) is 2.80. The highest BCUT2D eigenvalue weighted by Gasteiger charge is 2.27. The Bertz CT molecular complexity index is 571. The van der Waals surface area contributed by atoms with Gasteiger partial charge in [-0.25, -0.2) is 0 Å². The number of hydrogen-bond acceptors (Lipinski definition) is 3. The molecule has 3 N–H and O–H groups in total. The average molecular weight is 332 g/mol. The molecule has 5 nitrogen and oxygen atoms in total. The minimum Gasteiger partial charge on any atom is -0.396 e. The summed E-state index contributed by atoms with van der Waals surface area (Å²) in [5.41, 5.74) is 1.67. The Morgan fingerprint density at radius 1 is 1.12 bits per heavy atom. The number of amides is 2. The highest BCUT2D eigenvalue weighted by atomic mass is 16.3. The van der Waals surface area contributed by atoms with Crippen molar-refractivity contribution in [2.75, 3.05) is 11.9 Å². The van der Waals surface area contributed by atoms with Crippen molar-refractivity contribution in [1.29, 1.82) is 0 Å². The Kier molecular flexibility index (Phi) is 6.79. The van der Waals surface area contributed by atoms with Gasteiger partial charge >= 0.3 is 11.8 Å². The van der Waals surface area contributed by atoms with Crippen LogP contribution < -0.4 is 10.6 Å². The minimum absolute atomic E-state index is 0.0344. The normalized spacial score (nSPS) is 21.2. The number of rotatable bonds is 4. The van der Waals surface area contributed by atoms with Crippen molar-refractivity contribution < 1.29 is 14.7 Å². The second kappa shape index (κ2) is 8.83. The maximum atomic E-state index is 12.3. The Morgan fingerprint density at radius 3 is 2.54 bits per heavy atom. The number of carbonyl (C=O) groups is 2. The lowest BCUT2D eigenvalue weighted by molar-refractivity contribution is -0.137. The monoisotopic (exact) mass is 332 g/mol. The van der Waals surface area contributed by atoms with E-state index in [0.29, 0.717) is 5.69 Å². The molecule has 0 heterocycles. The number of aliphatic hydroxyl groups is 1. The topological polar surface area (TPSA) is 78.4 Å². The molecule has 1 aromatic carbocycles. The lowest BCUT2D eigenvalue weighted by atomic mass is 9.95. The Labute approximate surface area is 143 Å². The van der Waals surface area contributed by atoms with E-state index in [-0.39, 0.29) is 24.5 Å². The van der Waals surface area contributed by atoms with Crippen molar-refractivity contribution in [3.63, 3.8) is 0 Å². The summed E-state index contributed by atoms with van der Waals surface area (Å²) in [4.78, 5) is 24.5. The zero-order valence-corrected chi connectivity index (χ0v) is 14.5. The molecular weight excluding hydrogens is 304 g/mol. The van der Waals surface area contributed by atoms with Crippen LogP contribution in [0, 0.1) is 5.92 Å². The van der Waals surface area contributed by atoms with Crippen LogP contribution in [0.25, 0.3) is 0 Å². The van der Waals surface area contributed by atoms with Crippen LogP contribution in [0.3, 0.4) is 0 Å². The van der Waals surface area contributed by atoms with Gasteiger partial charge in [-0.3, -0.25) is 9.59 Å². The second-order valence-electron chi connectivity index (χ2n) is 6.86. The number of benzene rings is 1. The third-order valence-corrected chi connectivity index (χ3v) is 4.75. The first-order valence-electron chi connectivity index (χ1n) is 8.84. The number of aliphatic hydroxyl groups excluding tert-OH is 1. The van der Waals surface area contributed by atoms with Crippen LogP contribution in [0.4, 0.5) is 5.69 Å². The third kappa shape index (κ3) is 4.81. The van der Waals surface area contributed by atoms with Gasteiger partial charge in [0.05, 0.1) is 0 Å². The van der Waals surface area contributed by atoms with E-state index in [1.54, 1.807) is 0 Å². The highest BCUT2D eigenvalue weighted by molar-refractivity contribution is 6.39. The summed E-state index contributed by atoms with van der Waals surface area (Å²) in [5.74, 6) is -0.986. The summed E-state index contributed by atoms with van der Waals surface area (Å²) in [6.45, 7) is 4.13. The molecule has 0 saturated heterocycles. The first-order chi connectivity index (χ1) is 11.5. The molecule has 0 bridgehead atoms. The molecule has 1 aliphatic carbocycles. The van der Waals surface area contributed by atoms with Crippen LogP contribution in [0.5, 0.6) is 0 Å². The standard InChI is InChI=1S/C19H28N2O3/c1-13(2)15-9-6-7-11-17(15)21-19(24)18(23)20-16-10-5-3-4-8-14(16)12-22/h6-7,9,11,13-14,16,22H,3-5,8,10,12H2,1-2H3,(H,20,23)(H,21,24). The largest absolute Gasteiger partial charge is 0.396 e. The van der Waals surface area contributed by atoms with Crippen LogP contribution >= 0.6 is 0 Å². The lowest BCUT2D eigenvalue weighted by Crippen LogP contribution is -2.46. The van der Waals surface area contributed by atoms with Gasteiger partial charge in [-0.15, -0.1) is 0 Å². The van der Waals surface area contributed by atoms with Crippen LogP contribution in [-0.2, 0) is 9.59 Å². The summed E-state index contributed by atoms with van der Waals surface area (Å²) in [6, 6.07) is 7.39. The molecule has 1 saturated carbocycles. The number of carbonyl (C=O) groups excluding carboxylic acids is 2. The maximum absolute atomic E-state index is 12.3. The van der Waals surface area contributed by atoms with Gasteiger partial charge in [0.15, 0.2) is 0 Å². The number of nitrogens with one attached hydrogen (secondary N) is 2. The molecule has 0 aromatic heterocycles. The van der Waals surface area contributed by atoms with Crippen molar-refractivity contribution in [3.8, 4) is 0 Å². The van der Waals surface area contributed by atoms with Crippen LogP contribution in [0.15, 0.2) is 24.3 Å². The summed E-state index contributed by atoms with van der Waals surface area (Å²) in [6.07, 6.45) is 4.88. The van der Waals surface area contributed by atoms with E-state index in [1.165, 1.54) is 0 Å². The number of anilines is 1. The van der Waals surface area contributed by atoms with E-state index in [1.807, 2.05) is 38.1 Å². The summed E-state index contributed by atoms with van der Waals surface area (Å²) < 4.78 is 0. The Hall–Kier alpha value is -1.88. The van der Waals surface area contributed by atoms with Gasteiger partial charge in [0.2, 0.25) is 0 Å². The van der Waals surface area contributed by atoms with E-state index in [2.05, 4.69) is 10.6 Å². The fourth-order valence-electron chi connectivity index (χ4n) is 3.32. The summed E-state index contributed by atoms with van der Waals surface area (Å²) in [7, 11) is 0. The van der Waals surface area contributed by atoms with E-state index in [9.17, 15) is 14.7 Å². The predicted octanol–water partition coefficient (Wildman–Crippen LogP) is 2.81. The van der Waals surface area contributed by atoms with Crippen molar-refractivity contribution in [2.24, 2.45) is 5.92 Å². The fraction of sp³-hybridized carbons (Fsp3) is 0.579. The molecule has 2 atom stereocenters. The SMILES string of the molecule is CC(C)c1ccccc1NC(=O)C(=O)NC1CCCCCC1CO. The molecule has 132 valence electrons. The smallest absolute Gasteiger partial charge is 0.313 e. The first-order valence-corrected chi connectivity index (χ1v) is 8.84. The van der Waals surface area contributed by atoms with Gasteiger partial charge in [0, 0.05) is 24.3 Å². The number of para-hydroxylation sites is 1. The van der Waals surface area contributed by atoms with E-state index >= 15 is 0 Å². The van der Waals surface area contributed by atoms with Gasteiger partial charge < -0.3 is 15.7 Å². The fourth-order valence-corrected chi connectivity index (χ4v) is 3.32. The predicted molar refractivity (Wildman–Crippen MR) is 94.8 cm³/mol. The molecular formula is C19H28N2O3. The molecule has 2 rings (SSSR count). The Balaban J connectivity index is 2.00. The molecule has 0 spiro atoms. The molecule has 0 radical (unpaired) electrons. The maximum Gasteiger partial charge on any atom is 0.313 e. The first kappa shape index (κ1) is 18.5. The second-order valence-corrected chi connectivity index (χ2v) is 6.86. The van der Waals surface area contributed by atoms with Crippen molar-refractivity contribution >= 4 is 17.5 Å². The molecule has 5 heteroatoms. The molecule has 1 aromatic rings. The van der Waals surface area contributed by atoms with Gasteiger partial charge in [-0.2, -0.15) is 0 Å². The molecule has 0 aliphatic heterocycles. The van der Waals surface area contributed by atoms with Crippen molar-refractivity contribution in [3.05, 3.63) is 29.8 Å². The van der Waals surface area contributed by atoms with Crippen molar-refractivity contribution in [1.82, 2.24) is 5.32 Å². The van der Waals surface area contributed by atoms with Gasteiger partial charge in [-0.05, 0) is 30.4 Å². The van der Waals surface area contributed by atoms with Crippen LogP contribution in [0.1, 0.15) is 57.4 Å². The van der Waals surface area contributed by atoms with E-state index < -0.39 is 11.8 Å². The van der Waals surface area contributed by atoms with Crippen LogP contribution in [0.2, 0.25) is 0 Å². The minimum atomic E-state index is -0.649. The van der Waals surface area contributed by atoms with E-state index in [4.69, 9.17) is 0 Å². The molecule has 1 fully saturated rings. The zero-order valence-electron chi connectivity index (χ0n) is 14.5. The molecule has 2 amide bonds. The highest BCUT2D eigenvalue weighted by Crippen LogP contribution is 2.24. The molecule has 2 unspecified atom stereocenters. The quantitative estimate of drug-likeness (QED) is 0.586. The third-order valence-electron chi connectivity index (χ3n) is 4.75. The number of hydrogen-bond donors (Lipinski definition) is 3. The lowest BCUT2D eigenvalue weighted by Gasteiger charge is -2.24. The summed E-state index contributed by atoms with van der Waals surface area (Å²) in [5, 5.41) is 15.1. The van der Waals surface area contributed by atoms with Gasteiger partial charge in [-0.1, -0.05) is 51.3 Å². The molecule has 1 aliphatic rings. The Morgan fingerprint density at radius 2 is 1.83 bits per heavy atom. The van der Waals surface area contributed by atoms with Crippen LogP contribution in [-0.4, -0.2) is 29.6 Å². The van der Waals surface area contributed by atoms with Crippen molar-refractivity contribution in [2.45, 2.75) is 57.9 Å². The molecule has 24 heavy (non-hydrogen) atoms. The van der Waals surface area contributed by atoms with Gasteiger partial charge in [0.25, 0.3) is 0 Å². The van der Waals surface area contributed by atoms with Gasteiger partial charge in [0.1, 0.15) is 0 Å². The zero-order chi connectivity index (χ0) is 17.5. The summed E-state index contributed by atoms with van der Waals surface area (Å²) >= 11 is 0.